The second-order valence-corrected chi connectivity index (χ2v) is 5.45. The first kappa shape index (κ1) is 14.3. The summed E-state index contributed by atoms with van der Waals surface area (Å²) in [7, 11) is 0.383. The SMILES string of the molecule is O=S(=O)(Cl)c1cnc(F)c(OC(F)(F)F)c1Cl. The highest BCUT2D eigenvalue weighted by Gasteiger charge is 2.35. The summed E-state index contributed by atoms with van der Waals surface area (Å²) < 4.78 is 73.4. The van der Waals surface area contributed by atoms with Crippen LogP contribution in [0.4, 0.5) is 17.6 Å². The van der Waals surface area contributed by atoms with Crippen molar-refractivity contribution in [3.8, 4) is 5.75 Å². The Balaban J connectivity index is 3.41. The third-order valence-corrected chi connectivity index (χ3v) is 3.20. The van der Waals surface area contributed by atoms with Crippen LogP contribution in [0.3, 0.4) is 0 Å². The number of alkyl halides is 3. The zero-order valence-electron chi connectivity index (χ0n) is 7.43. The molecule has 4 nitrogen and oxygen atoms in total. The van der Waals surface area contributed by atoms with Crippen LogP contribution >= 0.6 is 22.3 Å². The standard InChI is InChI=1S/C6HCl2F4NO3S/c7-3-2(17(8,14)15)1-13-5(9)4(3)16-6(10,11)12/h1H. The molecule has 0 N–H and O–H groups in total. The quantitative estimate of drug-likeness (QED) is 0.478. The first-order valence-corrected chi connectivity index (χ1v) is 6.25. The summed E-state index contributed by atoms with van der Waals surface area (Å²) >= 11 is 5.24. The summed E-state index contributed by atoms with van der Waals surface area (Å²) in [5.74, 6) is -3.27. The Labute approximate surface area is 102 Å². The Kier molecular flexibility index (Phi) is 3.75. The molecule has 0 unspecified atom stereocenters. The molecule has 1 rings (SSSR count). The molecule has 0 aliphatic carbocycles. The van der Waals surface area contributed by atoms with Crippen molar-refractivity contribution in [3.63, 3.8) is 0 Å². The fourth-order valence-electron chi connectivity index (χ4n) is 0.806. The number of rotatable bonds is 2. The summed E-state index contributed by atoms with van der Waals surface area (Å²) in [6, 6.07) is 0. The van der Waals surface area contributed by atoms with Crippen molar-refractivity contribution in [1.82, 2.24) is 4.98 Å². The molecule has 0 amide bonds. The zero-order valence-corrected chi connectivity index (χ0v) is 9.75. The first-order valence-electron chi connectivity index (χ1n) is 3.57. The van der Waals surface area contributed by atoms with Gasteiger partial charge in [0.05, 0.1) is 6.20 Å². The van der Waals surface area contributed by atoms with E-state index in [0.29, 0.717) is 6.20 Å². The minimum atomic E-state index is -5.25. The van der Waals surface area contributed by atoms with Gasteiger partial charge in [-0.05, 0) is 0 Å². The van der Waals surface area contributed by atoms with Gasteiger partial charge in [-0.15, -0.1) is 13.2 Å². The van der Waals surface area contributed by atoms with E-state index in [4.69, 9.17) is 22.3 Å². The van der Waals surface area contributed by atoms with Gasteiger partial charge in [-0.2, -0.15) is 4.39 Å². The molecule has 0 saturated carbocycles. The minimum absolute atomic E-state index is 0.378. The van der Waals surface area contributed by atoms with Crippen LogP contribution in [-0.2, 0) is 9.05 Å². The van der Waals surface area contributed by atoms with Crippen molar-refractivity contribution < 1.29 is 30.7 Å². The summed E-state index contributed by atoms with van der Waals surface area (Å²) in [5, 5.41) is -1.13. The first-order chi connectivity index (χ1) is 7.52. The monoisotopic (exact) mass is 313 g/mol. The lowest BCUT2D eigenvalue weighted by Gasteiger charge is -2.11. The fourth-order valence-corrected chi connectivity index (χ4v) is 2.23. The van der Waals surface area contributed by atoms with Crippen LogP contribution in [-0.4, -0.2) is 19.8 Å². The van der Waals surface area contributed by atoms with Crippen LogP contribution < -0.4 is 4.74 Å². The van der Waals surface area contributed by atoms with Crippen molar-refractivity contribution in [2.45, 2.75) is 11.3 Å². The molecule has 96 valence electrons. The van der Waals surface area contributed by atoms with Gasteiger partial charge in [0.1, 0.15) is 9.92 Å². The highest BCUT2D eigenvalue weighted by molar-refractivity contribution is 8.13. The van der Waals surface area contributed by atoms with Gasteiger partial charge in [-0.1, -0.05) is 11.6 Å². The number of halogens is 6. The van der Waals surface area contributed by atoms with Gasteiger partial charge < -0.3 is 4.74 Å². The molecule has 0 bridgehead atoms. The van der Waals surface area contributed by atoms with E-state index in [1.54, 1.807) is 0 Å². The van der Waals surface area contributed by atoms with Crippen molar-refractivity contribution in [3.05, 3.63) is 17.2 Å². The second-order valence-electron chi connectivity index (χ2n) is 2.54. The molecule has 0 fully saturated rings. The van der Waals surface area contributed by atoms with E-state index in [0.717, 1.165) is 0 Å². The lowest BCUT2D eigenvalue weighted by molar-refractivity contribution is -0.275. The maximum absolute atomic E-state index is 12.9. The van der Waals surface area contributed by atoms with Gasteiger partial charge in [-0.25, -0.2) is 13.4 Å². The molecular weight excluding hydrogens is 313 g/mol. The third-order valence-electron chi connectivity index (χ3n) is 1.38. The van der Waals surface area contributed by atoms with Gasteiger partial charge in [-0.3, -0.25) is 0 Å². The van der Waals surface area contributed by atoms with E-state index < -0.39 is 37.0 Å². The third kappa shape index (κ3) is 3.58. The zero-order chi connectivity index (χ0) is 13.4. The van der Waals surface area contributed by atoms with E-state index >= 15 is 0 Å². The largest absolute Gasteiger partial charge is 0.573 e. The molecule has 0 radical (unpaired) electrons. The molecule has 0 aliphatic rings. The van der Waals surface area contributed by atoms with Crippen LogP contribution in [0.15, 0.2) is 11.1 Å². The van der Waals surface area contributed by atoms with Crippen molar-refractivity contribution in [2.24, 2.45) is 0 Å². The van der Waals surface area contributed by atoms with Gasteiger partial charge in [0.15, 0.2) is 0 Å². The van der Waals surface area contributed by atoms with Crippen LogP contribution in [0.25, 0.3) is 0 Å². The van der Waals surface area contributed by atoms with E-state index in [9.17, 15) is 26.0 Å². The van der Waals surface area contributed by atoms with Crippen LogP contribution in [0.1, 0.15) is 0 Å². The predicted octanol–water partition coefficient (Wildman–Crippen LogP) is 2.70. The topological polar surface area (TPSA) is 56.3 Å². The van der Waals surface area contributed by atoms with Gasteiger partial charge >= 0.3 is 6.36 Å². The lowest BCUT2D eigenvalue weighted by Crippen LogP contribution is -2.19. The van der Waals surface area contributed by atoms with Gasteiger partial charge in [0.2, 0.25) is 5.75 Å². The fraction of sp³-hybridized carbons (Fsp3) is 0.167. The maximum Gasteiger partial charge on any atom is 0.573 e. The second kappa shape index (κ2) is 4.46. The molecule has 0 aromatic carbocycles. The normalized spacial score (nSPS) is 12.6. The number of ether oxygens (including phenoxy) is 1. The Bertz CT molecular complexity index is 545. The number of aromatic nitrogens is 1. The highest BCUT2D eigenvalue weighted by Crippen LogP contribution is 2.36. The van der Waals surface area contributed by atoms with Crippen molar-refractivity contribution >= 4 is 31.3 Å². The molecule has 11 heteroatoms. The molecule has 0 saturated heterocycles. The van der Waals surface area contributed by atoms with E-state index in [2.05, 4.69) is 9.72 Å². The summed E-state index contributed by atoms with van der Waals surface area (Å²) in [6.07, 6.45) is -4.87. The molecule has 1 aromatic rings. The molecule has 1 heterocycles. The van der Waals surface area contributed by atoms with Crippen molar-refractivity contribution in [2.75, 3.05) is 0 Å². The molecular formula is C6HCl2F4NO3S. The Morgan fingerprint density at radius 3 is 2.29 bits per heavy atom. The smallest absolute Gasteiger partial charge is 0.399 e. The summed E-state index contributed by atoms with van der Waals surface area (Å²) in [5.41, 5.74) is 0. The summed E-state index contributed by atoms with van der Waals surface area (Å²) in [4.78, 5) is 1.77. The van der Waals surface area contributed by atoms with E-state index in [1.807, 2.05) is 0 Å². The number of hydrogen-bond acceptors (Lipinski definition) is 4. The molecule has 1 aromatic heterocycles. The van der Waals surface area contributed by atoms with Gasteiger partial charge in [0.25, 0.3) is 15.0 Å². The number of pyridine rings is 1. The number of hydrogen-bond donors (Lipinski definition) is 0. The van der Waals surface area contributed by atoms with Gasteiger partial charge in [0, 0.05) is 10.7 Å². The molecule has 0 atom stereocenters. The Morgan fingerprint density at radius 1 is 1.35 bits per heavy atom. The minimum Gasteiger partial charge on any atom is -0.399 e. The average Bonchev–Trinajstić information content (AvgIpc) is 2.08. The summed E-state index contributed by atoms with van der Waals surface area (Å²) in [6.45, 7) is 0. The van der Waals surface area contributed by atoms with E-state index in [-0.39, 0.29) is 0 Å². The van der Waals surface area contributed by atoms with Crippen LogP contribution in [0, 0.1) is 5.95 Å². The average molecular weight is 314 g/mol. The molecule has 17 heavy (non-hydrogen) atoms. The maximum atomic E-state index is 12.9. The highest BCUT2D eigenvalue weighted by atomic mass is 35.7. The Hall–Kier alpha value is -0.800. The van der Waals surface area contributed by atoms with E-state index in [1.165, 1.54) is 0 Å². The lowest BCUT2D eigenvalue weighted by atomic mass is 10.4. The van der Waals surface area contributed by atoms with Crippen LogP contribution in [0.5, 0.6) is 5.75 Å². The Morgan fingerprint density at radius 2 is 1.88 bits per heavy atom. The van der Waals surface area contributed by atoms with Crippen molar-refractivity contribution in [1.29, 1.82) is 0 Å². The molecule has 0 aliphatic heterocycles. The molecule has 0 spiro atoms. The predicted molar refractivity (Wildman–Crippen MR) is 48.9 cm³/mol. The van der Waals surface area contributed by atoms with Crippen LogP contribution in [0.2, 0.25) is 5.02 Å². The number of nitrogens with zero attached hydrogens (tertiary/aromatic N) is 1.